The summed E-state index contributed by atoms with van der Waals surface area (Å²) in [5.41, 5.74) is 5.54. The van der Waals surface area contributed by atoms with Gasteiger partial charge >= 0.3 is 11.9 Å². The van der Waals surface area contributed by atoms with Gasteiger partial charge in [0, 0.05) is 12.8 Å². The summed E-state index contributed by atoms with van der Waals surface area (Å²) in [6.45, 7) is 2.07. The lowest BCUT2D eigenvalue weighted by Gasteiger charge is -2.16. The Morgan fingerprint density at radius 1 is 1.11 bits per heavy atom. The molecule has 7 heteroatoms. The van der Waals surface area contributed by atoms with E-state index in [1.54, 1.807) is 0 Å². The molecule has 1 unspecified atom stereocenters. The first kappa shape index (κ1) is 22.3. The number of unbranched alkanes of at least 4 members (excludes halogenated alkanes) is 1. The molecule has 0 aliphatic carbocycles. The quantitative estimate of drug-likeness (QED) is 0.482. The zero-order valence-electron chi connectivity index (χ0n) is 11.3. The lowest BCUT2D eigenvalue weighted by Crippen LogP contribution is -2.35. The monoisotopic (exact) mass is 284 g/mol. The van der Waals surface area contributed by atoms with Crippen LogP contribution in [0.2, 0.25) is 0 Å². The van der Waals surface area contributed by atoms with Gasteiger partial charge in [-0.3, -0.25) is 14.5 Å². The molecule has 6 nitrogen and oxygen atoms in total. The lowest BCUT2D eigenvalue weighted by atomic mass is 10.2. The predicted octanol–water partition coefficient (Wildman–Crippen LogP) is 1.38. The van der Waals surface area contributed by atoms with Gasteiger partial charge in [0.25, 0.3) is 0 Å². The Labute approximate surface area is 115 Å². The van der Waals surface area contributed by atoms with Crippen LogP contribution in [-0.4, -0.2) is 47.3 Å². The van der Waals surface area contributed by atoms with Crippen molar-refractivity contribution in [3.05, 3.63) is 0 Å². The smallest absolute Gasteiger partial charge is 0.303 e. The van der Waals surface area contributed by atoms with Crippen molar-refractivity contribution in [3.63, 3.8) is 0 Å². The third-order valence-corrected chi connectivity index (χ3v) is 2.11. The number of nitrogens with zero attached hydrogens (tertiary/aromatic N) is 1. The first-order valence-electron chi connectivity index (χ1n) is 5.66. The fourth-order valence-corrected chi connectivity index (χ4v) is 0.918. The highest BCUT2D eigenvalue weighted by molar-refractivity contribution is 5.85. The Bertz CT molecular complexity index is 209. The fourth-order valence-electron chi connectivity index (χ4n) is 0.918. The average molecular weight is 285 g/mol. The molecule has 0 heterocycles. The van der Waals surface area contributed by atoms with Crippen LogP contribution < -0.4 is 5.73 Å². The standard InChI is InChI=1S/C6H10O4.C5H14N2.ClH/c7-5(8)3-1-2-4-6(9)10;1-4-5(6)7(2)3;/h1-4H2,(H,7,8)(H,9,10);5H,4,6H2,1-3H3;1H. The van der Waals surface area contributed by atoms with Crippen LogP contribution in [0.4, 0.5) is 0 Å². The molecule has 0 saturated heterocycles. The normalized spacial score (nSPS) is 10.9. The molecule has 0 spiro atoms. The van der Waals surface area contributed by atoms with E-state index >= 15 is 0 Å². The molecule has 110 valence electrons. The Hall–Kier alpha value is -0.850. The van der Waals surface area contributed by atoms with Crippen LogP contribution >= 0.6 is 12.4 Å². The number of halogens is 1. The van der Waals surface area contributed by atoms with E-state index in [4.69, 9.17) is 15.9 Å². The Morgan fingerprint density at radius 3 is 1.56 bits per heavy atom. The van der Waals surface area contributed by atoms with Gasteiger partial charge in [0.05, 0.1) is 6.17 Å². The minimum atomic E-state index is -0.870. The van der Waals surface area contributed by atoms with Crippen molar-refractivity contribution in [3.8, 4) is 0 Å². The van der Waals surface area contributed by atoms with E-state index in [-0.39, 0.29) is 31.4 Å². The highest BCUT2D eigenvalue weighted by Crippen LogP contribution is 1.98. The van der Waals surface area contributed by atoms with E-state index in [9.17, 15) is 9.59 Å². The molecule has 0 saturated carbocycles. The van der Waals surface area contributed by atoms with E-state index in [1.807, 2.05) is 19.0 Å². The number of carboxylic acids is 2. The fraction of sp³-hybridized carbons (Fsp3) is 0.818. The minimum Gasteiger partial charge on any atom is -0.481 e. The average Bonchev–Trinajstić information content (AvgIpc) is 2.23. The summed E-state index contributed by atoms with van der Waals surface area (Å²) in [5.74, 6) is -1.74. The molecular formula is C11H25ClN2O4. The maximum Gasteiger partial charge on any atom is 0.303 e. The van der Waals surface area contributed by atoms with E-state index in [2.05, 4.69) is 6.92 Å². The van der Waals surface area contributed by atoms with Gasteiger partial charge in [-0.15, -0.1) is 12.4 Å². The molecule has 0 aromatic carbocycles. The maximum absolute atomic E-state index is 9.90. The SMILES string of the molecule is CCC(N)N(C)C.Cl.O=C(O)CCCCC(=O)O. The second-order valence-corrected chi connectivity index (χ2v) is 3.93. The zero-order chi connectivity index (χ0) is 13.8. The van der Waals surface area contributed by atoms with E-state index < -0.39 is 11.9 Å². The van der Waals surface area contributed by atoms with Crippen molar-refractivity contribution in [1.29, 1.82) is 0 Å². The molecule has 18 heavy (non-hydrogen) atoms. The second kappa shape index (κ2) is 14.2. The van der Waals surface area contributed by atoms with Crippen LogP contribution in [0.15, 0.2) is 0 Å². The Balaban J connectivity index is -0.000000251. The highest BCUT2D eigenvalue weighted by atomic mass is 35.5. The van der Waals surface area contributed by atoms with Gasteiger partial charge in [-0.25, -0.2) is 0 Å². The number of carboxylic acid groups (broad SMARTS) is 2. The van der Waals surface area contributed by atoms with Gasteiger partial charge in [-0.05, 0) is 33.4 Å². The van der Waals surface area contributed by atoms with E-state index in [1.165, 1.54) is 0 Å². The largest absolute Gasteiger partial charge is 0.481 e. The van der Waals surface area contributed by atoms with E-state index in [0.29, 0.717) is 12.8 Å². The summed E-state index contributed by atoms with van der Waals surface area (Å²) in [6, 6.07) is 0. The molecule has 0 aromatic rings. The van der Waals surface area contributed by atoms with Crippen molar-refractivity contribution in [2.24, 2.45) is 5.73 Å². The third kappa shape index (κ3) is 20.5. The summed E-state index contributed by atoms with van der Waals surface area (Å²) >= 11 is 0. The summed E-state index contributed by atoms with van der Waals surface area (Å²) in [4.78, 5) is 21.8. The van der Waals surface area contributed by atoms with Gasteiger partial charge in [0.2, 0.25) is 0 Å². The van der Waals surface area contributed by atoms with Crippen LogP contribution in [0.25, 0.3) is 0 Å². The van der Waals surface area contributed by atoms with Crippen molar-refractivity contribution in [1.82, 2.24) is 4.90 Å². The van der Waals surface area contributed by atoms with Crippen LogP contribution in [0.3, 0.4) is 0 Å². The van der Waals surface area contributed by atoms with E-state index in [0.717, 1.165) is 6.42 Å². The topological polar surface area (TPSA) is 104 Å². The van der Waals surface area contributed by atoms with Crippen molar-refractivity contribution in [2.75, 3.05) is 14.1 Å². The molecule has 0 radical (unpaired) electrons. The molecule has 0 amide bonds. The molecule has 0 bridgehead atoms. The zero-order valence-corrected chi connectivity index (χ0v) is 12.1. The predicted molar refractivity (Wildman–Crippen MR) is 72.9 cm³/mol. The van der Waals surface area contributed by atoms with Crippen LogP contribution in [0.5, 0.6) is 0 Å². The van der Waals surface area contributed by atoms with Crippen molar-refractivity contribution in [2.45, 2.75) is 45.2 Å². The van der Waals surface area contributed by atoms with Crippen LogP contribution in [0, 0.1) is 0 Å². The number of carbonyl (C=O) groups is 2. The number of aliphatic carboxylic acids is 2. The summed E-state index contributed by atoms with van der Waals surface area (Å²) in [5, 5.41) is 16.3. The molecule has 0 fully saturated rings. The number of hydrogen-bond donors (Lipinski definition) is 3. The highest BCUT2D eigenvalue weighted by Gasteiger charge is 1.99. The molecule has 1 atom stereocenters. The first-order chi connectivity index (χ1) is 7.81. The van der Waals surface area contributed by atoms with Gasteiger partial charge in [-0.2, -0.15) is 0 Å². The molecule has 0 aromatic heterocycles. The molecule has 4 N–H and O–H groups in total. The van der Waals surface area contributed by atoms with Crippen molar-refractivity contribution >= 4 is 24.3 Å². The first-order valence-corrected chi connectivity index (χ1v) is 5.66. The molecule has 0 aliphatic heterocycles. The van der Waals surface area contributed by atoms with Crippen molar-refractivity contribution < 1.29 is 19.8 Å². The molecule has 0 rings (SSSR count). The van der Waals surface area contributed by atoms with Crippen LogP contribution in [0.1, 0.15) is 39.0 Å². The number of rotatable bonds is 7. The maximum atomic E-state index is 9.90. The van der Waals surface area contributed by atoms with Gasteiger partial charge < -0.3 is 15.9 Å². The Morgan fingerprint density at radius 2 is 1.44 bits per heavy atom. The van der Waals surface area contributed by atoms with Gasteiger partial charge in [0.1, 0.15) is 0 Å². The van der Waals surface area contributed by atoms with Gasteiger partial charge in [-0.1, -0.05) is 6.92 Å². The summed E-state index contributed by atoms with van der Waals surface area (Å²) in [6.07, 6.45) is 2.27. The molecule has 0 aliphatic rings. The molecular weight excluding hydrogens is 260 g/mol. The van der Waals surface area contributed by atoms with Crippen LogP contribution in [-0.2, 0) is 9.59 Å². The lowest BCUT2D eigenvalue weighted by molar-refractivity contribution is -0.139. The summed E-state index contributed by atoms with van der Waals surface area (Å²) < 4.78 is 0. The number of nitrogens with two attached hydrogens (primary N) is 1. The van der Waals surface area contributed by atoms with Gasteiger partial charge in [0.15, 0.2) is 0 Å². The minimum absolute atomic E-state index is 0. The number of hydrogen-bond acceptors (Lipinski definition) is 4. The Kier molecular flexibility index (Phi) is 17.6. The second-order valence-electron chi connectivity index (χ2n) is 3.93. The summed E-state index contributed by atoms with van der Waals surface area (Å²) in [7, 11) is 3.96. The third-order valence-electron chi connectivity index (χ3n) is 2.11.